The van der Waals surface area contributed by atoms with Crippen molar-refractivity contribution >= 4 is 34.3 Å². The molecule has 10 heteroatoms. The molecule has 5 N–H and O–H groups in total. The highest BCUT2D eigenvalue weighted by Crippen LogP contribution is 2.37. The number of amides is 1. The van der Waals surface area contributed by atoms with Crippen LogP contribution in [0.15, 0.2) is 55.3 Å². The molecule has 37 heavy (non-hydrogen) atoms. The van der Waals surface area contributed by atoms with Crippen LogP contribution in [0.2, 0.25) is 0 Å². The van der Waals surface area contributed by atoms with Crippen LogP contribution >= 0.6 is 22.6 Å². The zero-order valence-electron chi connectivity index (χ0n) is 19.9. The summed E-state index contributed by atoms with van der Waals surface area (Å²) in [6.07, 6.45) is 4.93. The van der Waals surface area contributed by atoms with Gasteiger partial charge in [0, 0.05) is 21.0 Å². The van der Waals surface area contributed by atoms with Gasteiger partial charge >= 0.3 is 0 Å². The third-order valence-corrected chi connectivity index (χ3v) is 7.29. The number of nitrogens with zero attached hydrogens (tertiary/aromatic N) is 2. The smallest absolute Gasteiger partial charge is 0.254 e. The van der Waals surface area contributed by atoms with Gasteiger partial charge in [0.1, 0.15) is 23.1 Å². The Morgan fingerprint density at radius 2 is 2.05 bits per heavy atom. The Kier molecular flexibility index (Phi) is 8.50. The number of halogens is 3. The van der Waals surface area contributed by atoms with E-state index < -0.39 is 36.3 Å². The van der Waals surface area contributed by atoms with Crippen LogP contribution in [0, 0.1) is 21.1 Å². The van der Waals surface area contributed by atoms with E-state index in [-0.39, 0.29) is 23.2 Å². The number of benzene rings is 2. The first kappa shape index (κ1) is 27.1. The van der Waals surface area contributed by atoms with E-state index in [1.807, 2.05) is 22.6 Å². The molecule has 1 aliphatic carbocycles. The first-order valence-electron chi connectivity index (χ1n) is 11.8. The molecule has 3 aromatic rings. The molecule has 0 saturated heterocycles. The number of aliphatic hydroxyl groups is 2. The van der Waals surface area contributed by atoms with E-state index in [9.17, 15) is 19.4 Å². The van der Waals surface area contributed by atoms with Gasteiger partial charge < -0.3 is 21.3 Å². The Labute approximate surface area is 227 Å². The fourth-order valence-corrected chi connectivity index (χ4v) is 5.28. The molecule has 0 spiro atoms. The summed E-state index contributed by atoms with van der Waals surface area (Å²) in [5, 5.41) is 22.4. The highest BCUT2D eigenvalue weighted by atomic mass is 127. The van der Waals surface area contributed by atoms with Gasteiger partial charge in [-0.15, -0.1) is 6.58 Å². The monoisotopic (exact) mass is 620 g/mol. The molecule has 0 unspecified atom stereocenters. The Morgan fingerprint density at radius 3 is 2.73 bits per heavy atom. The van der Waals surface area contributed by atoms with Crippen LogP contribution in [0.5, 0.6) is 0 Å². The molecule has 1 aromatic heterocycles. The van der Waals surface area contributed by atoms with Gasteiger partial charge in [-0.1, -0.05) is 12.1 Å². The molecule has 194 valence electrons. The van der Waals surface area contributed by atoms with Crippen molar-refractivity contribution < 1.29 is 23.8 Å². The molecule has 4 rings (SSSR count). The van der Waals surface area contributed by atoms with E-state index >= 15 is 4.39 Å². The van der Waals surface area contributed by atoms with Gasteiger partial charge in [0.05, 0.1) is 36.2 Å². The van der Waals surface area contributed by atoms with E-state index in [1.165, 1.54) is 24.3 Å². The van der Waals surface area contributed by atoms with Crippen molar-refractivity contribution in [3.8, 4) is 11.3 Å². The van der Waals surface area contributed by atoms with Crippen LogP contribution in [0.4, 0.5) is 14.6 Å². The second-order valence-corrected chi connectivity index (χ2v) is 10.4. The third-order valence-electron chi connectivity index (χ3n) is 6.66. The summed E-state index contributed by atoms with van der Waals surface area (Å²) in [5.74, 6) is -1.94. The SMILES string of the molecule is C=C[C@@H]1C[C@H](c2cnc(N)c(-c3ccc(C(=O)N[C@H](CO)c4cc(F)cc(I)c4)c(F)c3)n2)CC[C@H]1O. The van der Waals surface area contributed by atoms with Crippen LogP contribution in [-0.2, 0) is 0 Å². The largest absolute Gasteiger partial charge is 0.394 e. The standard InChI is InChI=1S/C27H27F2IN4O3/c1-2-14-7-15(4-6-24(14)36)22-12-32-26(31)25(33-22)16-3-5-20(21(29)10-16)27(37)34-23(13-35)17-8-18(28)11-19(30)9-17/h2-3,5,8-12,14-15,23-24,35-36H,1,4,6-7,13H2,(H2,31,32)(H,34,37)/t14-,15-,23-,24-/m1/s1. The number of hydrogen-bond donors (Lipinski definition) is 4. The molecular formula is C27H27F2IN4O3. The highest BCUT2D eigenvalue weighted by Gasteiger charge is 2.29. The van der Waals surface area contributed by atoms with Gasteiger partial charge in [0.15, 0.2) is 0 Å². The van der Waals surface area contributed by atoms with Crippen LogP contribution < -0.4 is 11.1 Å². The number of nitrogen functional groups attached to an aromatic ring is 1. The maximum absolute atomic E-state index is 15.1. The summed E-state index contributed by atoms with van der Waals surface area (Å²) in [5.41, 5.74) is 7.53. The summed E-state index contributed by atoms with van der Waals surface area (Å²) in [6.45, 7) is 3.31. The van der Waals surface area contributed by atoms with Gasteiger partial charge in [-0.05, 0) is 77.7 Å². The van der Waals surface area contributed by atoms with E-state index in [0.29, 0.717) is 38.9 Å². The maximum Gasteiger partial charge on any atom is 0.254 e. The molecule has 7 nitrogen and oxygen atoms in total. The molecule has 1 saturated carbocycles. The minimum absolute atomic E-state index is 0.0459. The summed E-state index contributed by atoms with van der Waals surface area (Å²) < 4.78 is 29.5. The number of aliphatic hydroxyl groups excluding tert-OH is 2. The van der Waals surface area contributed by atoms with Gasteiger partial charge in [-0.3, -0.25) is 4.79 Å². The molecule has 4 atom stereocenters. The van der Waals surface area contributed by atoms with E-state index in [2.05, 4.69) is 21.9 Å². The number of rotatable bonds is 7. The second kappa shape index (κ2) is 11.6. The second-order valence-electron chi connectivity index (χ2n) is 9.11. The molecule has 2 aromatic carbocycles. The molecule has 1 fully saturated rings. The average molecular weight is 620 g/mol. The van der Waals surface area contributed by atoms with Crippen molar-refractivity contribution in [3.05, 3.63) is 87.3 Å². The Bertz CT molecular complexity index is 1300. The molecule has 0 radical (unpaired) electrons. The predicted molar refractivity (Wildman–Crippen MR) is 145 cm³/mol. The molecule has 0 bridgehead atoms. The Morgan fingerprint density at radius 1 is 1.27 bits per heavy atom. The Hall–Kier alpha value is -2.96. The zero-order valence-corrected chi connectivity index (χ0v) is 22.0. The van der Waals surface area contributed by atoms with Gasteiger partial charge in [-0.25, -0.2) is 18.7 Å². The van der Waals surface area contributed by atoms with Crippen LogP contribution in [-0.4, -0.2) is 38.8 Å². The first-order chi connectivity index (χ1) is 17.7. The number of hydrogen-bond acceptors (Lipinski definition) is 6. The van der Waals surface area contributed by atoms with Crippen molar-refractivity contribution in [2.45, 2.75) is 37.3 Å². The summed E-state index contributed by atoms with van der Waals surface area (Å²) in [4.78, 5) is 21.7. The lowest BCUT2D eigenvalue weighted by atomic mass is 9.78. The predicted octanol–water partition coefficient (Wildman–Crippen LogP) is 4.50. The number of nitrogens with one attached hydrogen (secondary N) is 1. The summed E-state index contributed by atoms with van der Waals surface area (Å²) >= 11 is 1.93. The number of aromatic nitrogens is 2. The molecule has 1 heterocycles. The fourth-order valence-electron chi connectivity index (χ4n) is 4.63. The topological polar surface area (TPSA) is 121 Å². The number of carbonyl (C=O) groups excluding carboxylic acids is 1. The maximum atomic E-state index is 15.1. The molecule has 1 amide bonds. The zero-order chi connectivity index (χ0) is 26.7. The normalized spacial score (nSPS) is 20.3. The molecule has 0 aliphatic heterocycles. The average Bonchev–Trinajstić information content (AvgIpc) is 2.87. The van der Waals surface area contributed by atoms with Gasteiger partial charge in [0.2, 0.25) is 0 Å². The fraction of sp³-hybridized carbons (Fsp3) is 0.296. The van der Waals surface area contributed by atoms with Crippen LogP contribution in [0.1, 0.15) is 52.8 Å². The number of carbonyl (C=O) groups is 1. The quantitative estimate of drug-likeness (QED) is 0.228. The lowest BCUT2D eigenvalue weighted by Gasteiger charge is -2.31. The Balaban J connectivity index is 1.56. The van der Waals surface area contributed by atoms with Crippen LogP contribution in [0.25, 0.3) is 11.3 Å². The highest BCUT2D eigenvalue weighted by molar-refractivity contribution is 14.1. The van der Waals surface area contributed by atoms with E-state index in [4.69, 9.17) is 5.73 Å². The van der Waals surface area contributed by atoms with Crippen molar-refractivity contribution in [1.29, 1.82) is 0 Å². The lowest BCUT2D eigenvalue weighted by molar-refractivity contribution is 0.0842. The van der Waals surface area contributed by atoms with E-state index in [1.54, 1.807) is 18.3 Å². The van der Waals surface area contributed by atoms with Crippen molar-refractivity contribution in [2.24, 2.45) is 5.92 Å². The van der Waals surface area contributed by atoms with Gasteiger partial charge in [0.25, 0.3) is 5.91 Å². The first-order valence-corrected chi connectivity index (χ1v) is 12.9. The number of nitrogens with two attached hydrogens (primary N) is 1. The van der Waals surface area contributed by atoms with Gasteiger partial charge in [-0.2, -0.15) is 0 Å². The minimum Gasteiger partial charge on any atom is -0.394 e. The lowest BCUT2D eigenvalue weighted by Crippen LogP contribution is -2.31. The van der Waals surface area contributed by atoms with Crippen molar-refractivity contribution in [3.63, 3.8) is 0 Å². The third kappa shape index (κ3) is 6.13. The molecular weight excluding hydrogens is 593 g/mol. The summed E-state index contributed by atoms with van der Waals surface area (Å²) in [6, 6.07) is 7.24. The number of anilines is 1. The summed E-state index contributed by atoms with van der Waals surface area (Å²) in [7, 11) is 0. The van der Waals surface area contributed by atoms with Crippen LogP contribution in [0.3, 0.4) is 0 Å². The van der Waals surface area contributed by atoms with Crippen molar-refractivity contribution in [1.82, 2.24) is 15.3 Å². The van der Waals surface area contributed by atoms with E-state index in [0.717, 1.165) is 12.5 Å². The molecule has 1 aliphatic rings. The van der Waals surface area contributed by atoms with Crippen molar-refractivity contribution in [2.75, 3.05) is 12.3 Å². The minimum atomic E-state index is -0.914.